The largest absolute Gasteiger partial charge is 0.493 e. The molecule has 1 fully saturated rings. The molecule has 0 bridgehead atoms. The average Bonchev–Trinajstić information content (AvgIpc) is 2.90. The molecule has 196 valence electrons. The first kappa shape index (κ1) is 26.3. The second kappa shape index (κ2) is 12.5. The SMILES string of the molecule is COc1cccc(CN2CCC3(CCCCc4ccccc4OCCCC(=O)N(C)C3)CC2)c1OC. The molecule has 1 spiro atoms. The maximum atomic E-state index is 12.9. The lowest BCUT2D eigenvalue weighted by Crippen LogP contribution is -2.46. The summed E-state index contributed by atoms with van der Waals surface area (Å²) in [5.41, 5.74) is 2.63. The van der Waals surface area contributed by atoms with Crippen LogP contribution in [0.25, 0.3) is 0 Å². The Balaban J connectivity index is 1.43. The van der Waals surface area contributed by atoms with Gasteiger partial charge in [0.1, 0.15) is 5.75 Å². The summed E-state index contributed by atoms with van der Waals surface area (Å²) >= 11 is 0. The van der Waals surface area contributed by atoms with Crippen LogP contribution in [-0.2, 0) is 17.8 Å². The van der Waals surface area contributed by atoms with E-state index in [2.05, 4.69) is 29.2 Å². The molecule has 4 rings (SSSR count). The van der Waals surface area contributed by atoms with E-state index in [1.807, 2.05) is 30.1 Å². The number of amides is 1. The normalized spacial score (nSPS) is 19.8. The van der Waals surface area contributed by atoms with Crippen molar-refractivity contribution in [3.8, 4) is 17.2 Å². The van der Waals surface area contributed by atoms with E-state index >= 15 is 0 Å². The second-order valence-corrected chi connectivity index (χ2v) is 10.4. The highest BCUT2D eigenvalue weighted by molar-refractivity contribution is 5.75. The van der Waals surface area contributed by atoms with E-state index in [1.54, 1.807) is 14.2 Å². The highest BCUT2D eigenvalue weighted by atomic mass is 16.5. The van der Waals surface area contributed by atoms with E-state index in [0.717, 1.165) is 87.5 Å². The fraction of sp³-hybridized carbons (Fsp3) is 0.567. The van der Waals surface area contributed by atoms with Crippen molar-refractivity contribution in [1.29, 1.82) is 0 Å². The van der Waals surface area contributed by atoms with E-state index in [9.17, 15) is 4.79 Å². The van der Waals surface area contributed by atoms with Gasteiger partial charge in [-0.15, -0.1) is 0 Å². The van der Waals surface area contributed by atoms with E-state index in [0.29, 0.717) is 13.0 Å². The Morgan fingerprint density at radius 1 is 0.917 bits per heavy atom. The third-order valence-electron chi connectivity index (χ3n) is 7.96. The van der Waals surface area contributed by atoms with Crippen LogP contribution in [0.3, 0.4) is 0 Å². The molecule has 2 heterocycles. The number of carbonyl (C=O) groups excluding carboxylic acids is 1. The zero-order chi connectivity index (χ0) is 25.4. The summed E-state index contributed by atoms with van der Waals surface area (Å²) in [6, 6.07) is 14.5. The van der Waals surface area contributed by atoms with Gasteiger partial charge in [0, 0.05) is 32.1 Å². The minimum atomic E-state index is 0.180. The number of nitrogens with zero attached hydrogens (tertiary/aromatic N) is 2. The summed E-state index contributed by atoms with van der Waals surface area (Å²) in [7, 11) is 5.38. The van der Waals surface area contributed by atoms with E-state index in [4.69, 9.17) is 14.2 Å². The summed E-state index contributed by atoms with van der Waals surface area (Å²) in [5, 5.41) is 0. The number of likely N-dealkylation sites (tertiary alicyclic amines) is 1. The molecule has 0 atom stereocenters. The molecule has 6 nitrogen and oxygen atoms in total. The fourth-order valence-corrected chi connectivity index (χ4v) is 5.85. The number of hydrogen-bond acceptors (Lipinski definition) is 5. The van der Waals surface area contributed by atoms with Gasteiger partial charge in [-0.2, -0.15) is 0 Å². The number of hydrogen-bond donors (Lipinski definition) is 0. The van der Waals surface area contributed by atoms with Crippen molar-refractivity contribution in [3.63, 3.8) is 0 Å². The molecule has 0 unspecified atom stereocenters. The lowest BCUT2D eigenvalue weighted by molar-refractivity contribution is -0.132. The number of benzene rings is 2. The molecule has 1 saturated heterocycles. The minimum Gasteiger partial charge on any atom is -0.493 e. The van der Waals surface area contributed by atoms with Gasteiger partial charge in [0.05, 0.1) is 20.8 Å². The van der Waals surface area contributed by atoms with E-state index in [1.165, 1.54) is 12.0 Å². The Labute approximate surface area is 216 Å². The Hall–Kier alpha value is -2.73. The van der Waals surface area contributed by atoms with Crippen molar-refractivity contribution in [2.75, 3.05) is 47.5 Å². The first-order valence-corrected chi connectivity index (χ1v) is 13.4. The number of para-hydroxylation sites is 2. The van der Waals surface area contributed by atoms with Crippen LogP contribution in [0.1, 0.15) is 56.1 Å². The molecule has 2 aromatic rings. The maximum absolute atomic E-state index is 12.9. The van der Waals surface area contributed by atoms with Gasteiger partial charge >= 0.3 is 0 Å². The molecule has 6 heteroatoms. The average molecular weight is 495 g/mol. The number of methoxy groups -OCH3 is 2. The summed E-state index contributed by atoms with van der Waals surface area (Å²) in [6.45, 7) is 4.34. The zero-order valence-corrected chi connectivity index (χ0v) is 22.3. The standard InChI is InChI=1S/C30H42N2O4/c1-31-23-30(16-7-6-11-24-10-4-5-13-26(24)36-21-9-15-28(31)33)17-19-32(20-18-30)22-25-12-8-14-27(34-2)29(25)35-3/h4-5,8,10,12-14H,6-7,9,11,15-23H2,1-3H3. The number of carbonyl (C=O) groups is 1. The topological polar surface area (TPSA) is 51.2 Å². The van der Waals surface area contributed by atoms with Crippen molar-refractivity contribution in [3.05, 3.63) is 53.6 Å². The Bertz CT molecular complexity index is 1000. The van der Waals surface area contributed by atoms with Gasteiger partial charge in [-0.25, -0.2) is 0 Å². The fourth-order valence-electron chi connectivity index (χ4n) is 5.85. The Kier molecular flexibility index (Phi) is 9.13. The molecular weight excluding hydrogens is 452 g/mol. The van der Waals surface area contributed by atoms with Gasteiger partial charge in [0.15, 0.2) is 11.5 Å². The van der Waals surface area contributed by atoms with Gasteiger partial charge in [-0.1, -0.05) is 36.8 Å². The molecule has 0 radical (unpaired) electrons. The number of ether oxygens (including phenoxy) is 3. The summed E-state index contributed by atoms with van der Waals surface area (Å²) < 4.78 is 17.2. The van der Waals surface area contributed by atoms with Gasteiger partial charge < -0.3 is 19.1 Å². The predicted octanol–water partition coefficient (Wildman–Crippen LogP) is 5.33. The van der Waals surface area contributed by atoms with Gasteiger partial charge in [-0.3, -0.25) is 9.69 Å². The lowest BCUT2D eigenvalue weighted by atomic mass is 9.73. The molecular formula is C30H42N2O4. The van der Waals surface area contributed by atoms with Crippen molar-refractivity contribution in [1.82, 2.24) is 9.80 Å². The summed E-state index contributed by atoms with van der Waals surface area (Å²) in [6.07, 6.45) is 8.02. The van der Waals surface area contributed by atoms with Crippen LogP contribution in [0.5, 0.6) is 17.2 Å². The Morgan fingerprint density at radius 3 is 2.50 bits per heavy atom. The highest BCUT2D eigenvalue weighted by Crippen LogP contribution is 2.39. The Morgan fingerprint density at radius 2 is 1.72 bits per heavy atom. The van der Waals surface area contributed by atoms with Crippen LogP contribution >= 0.6 is 0 Å². The van der Waals surface area contributed by atoms with Gasteiger partial charge in [-0.05, 0) is 74.7 Å². The van der Waals surface area contributed by atoms with Gasteiger partial charge in [0.25, 0.3) is 0 Å². The number of rotatable bonds is 4. The lowest BCUT2D eigenvalue weighted by Gasteiger charge is -2.44. The van der Waals surface area contributed by atoms with Crippen LogP contribution in [-0.4, -0.2) is 63.2 Å². The first-order chi connectivity index (χ1) is 17.5. The molecule has 2 aliphatic heterocycles. The quantitative estimate of drug-likeness (QED) is 0.575. The highest BCUT2D eigenvalue weighted by Gasteiger charge is 2.36. The molecule has 0 saturated carbocycles. The number of aryl methyl sites for hydroxylation is 1. The number of fused-ring (bicyclic) bond motifs is 1. The van der Waals surface area contributed by atoms with Crippen molar-refractivity contribution in [2.45, 2.75) is 57.9 Å². The van der Waals surface area contributed by atoms with Crippen LogP contribution < -0.4 is 14.2 Å². The smallest absolute Gasteiger partial charge is 0.222 e. The molecule has 0 N–H and O–H groups in total. The van der Waals surface area contributed by atoms with Crippen molar-refractivity contribution < 1.29 is 19.0 Å². The monoisotopic (exact) mass is 494 g/mol. The summed E-state index contributed by atoms with van der Waals surface area (Å²) in [4.78, 5) is 17.4. The molecule has 1 amide bonds. The molecule has 36 heavy (non-hydrogen) atoms. The molecule has 0 aliphatic carbocycles. The second-order valence-electron chi connectivity index (χ2n) is 10.4. The van der Waals surface area contributed by atoms with E-state index < -0.39 is 0 Å². The van der Waals surface area contributed by atoms with Crippen LogP contribution in [0.15, 0.2) is 42.5 Å². The third kappa shape index (κ3) is 6.52. The number of piperidine rings is 1. The van der Waals surface area contributed by atoms with Crippen molar-refractivity contribution in [2.24, 2.45) is 5.41 Å². The third-order valence-corrected chi connectivity index (χ3v) is 7.96. The first-order valence-electron chi connectivity index (χ1n) is 13.4. The molecule has 0 aromatic heterocycles. The van der Waals surface area contributed by atoms with Gasteiger partial charge in [0.2, 0.25) is 5.91 Å². The molecule has 2 aliphatic rings. The molecule has 2 aromatic carbocycles. The maximum Gasteiger partial charge on any atom is 0.222 e. The zero-order valence-electron chi connectivity index (χ0n) is 22.3. The summed E-state index contributed by atoms with van der Waals surface area (Å²) in [5.74, 6) is 2.81. The van der Waals surface area contributed by atoms with Crippen LogP contribution in [0, 0.1) is 5.41 Å². The van der Waals surface area contributed by atoms with Crippen LogP contribution in [0.2, 0.25) is 0 Å². The van der Waals surface area contributed by atoms with E-state index in [-0.39, 0.29) is 11.3 Å². The van der Waals surface area contributed by atoms with Crippen molar-refractivity contribution >= 4 is 5.91 Å². The predicted molar refractivity (Wildman–Crippen MR) is 143 cm³/mol. The van der Waals surface area contributed by atoms with Crippen LogP contribution in [0.4, 0.5) is 0 Å². The minimum absolute atomic E-state index is 0.180.